The van der Waals surface area contributed by atoms with Crippen LogP contribution in [0.2, 0.25) is 0 Å². The Hall–Kier alpha value is -2.53. The largest absolute Gasteiger partial charge is 0.496 e. The van der Waals surface area contributed by atoms with E-state index in [1.165, 1.54) is 36.5 Å². The van der Waals surface area contributed by atoms with Crippen molar-refractivity contribution in [2.75, 3.05) is 26.8 Å². The third kappa shape index (κ3) is 4.29. The van der Waals surface area contributed by atoms with Crippen molar-refractivity contribution in [1.29, 1.82) is 0 Å². The molecule has 0 bridgehead atoms. The van der Waals surface area contributed by atoms with Crippen LogP contribution < -0.4 is 9.47 Å². The zero-order valence-corrected chi connectivity index (χ0v) is 18.2. The number of nitrogens with one attached hydrogen (secondary N) is 1. The van der Waals surface area contributed by atoms with E-state index in [4.69, 9.17) is 9.47 Å². The molecule has 1 saturated carbocycles. The van der Waals surface area contributed by atoms with E-state index < -0.39 is 0 Å². The molecule has 31 heavy (non-hydrogen) atoms. The van der Waals surface area contributed by atoms with Crippen LogP contribution >= 0.6 is 0 Å². The van der Waals surface area contributed by atoms with E-state index in [1.807, 2.05) is 30.5 Å². The predicted octanol–water partition coefficient (Wildman–Crippen LogP) is 5.35. The minimum Gasteiger partial charge on any atom is -0.496 e. The second-order valence-corrected chi connectivity index (χ2v) is 9.01. The highest BCUT2D eigenvalue weighted by atomic mass is 19.1. The molecule has 0 radical (unpaired) electrons. The summed E-state index contributed by atoms with van der Waals surface area (Å²) in [4.78, 5) is 5.91. The summed E-state index contributed by atoms with van der Waals surface area (Å²) in [5.41, 5.74) is 3.39. The zero-order valence-electron chi connectivity index (χ0n) is 18.2. The van der Waals surface area contributed by atoms with E-state index in [2.05, 4.69) is 9.88 Å². The fourth-order valence-corrected chi connectivity index (χ4v) is 5.05. The molecule has 2 aromatic carbocycles. The van der Waals surface area contributed by atoms with Gasteiger partial charge in [-0.05, 0) is 80.5 Å². The molecule has 2 heterocycles. The Kier molecular flexibility index (Phi) is 5.86. The molecule has 1 aromatic heterocycles. The van der Waals surface area contributed by atoms with E-state index >= 15 is 0 Å². The lowest BCUT2D eigenvalue weighted by atomic mass is 9.84. The van der Waals surface area contributed by atoms with E-state index in [9.17, 15) is 4.39 Å². The highest BCUT2D eigenvalue weighted by molar-refractivity contribution is 5.83. The van der Waals surface area contributed by atoms with Crippen molar-refractivity contribution < 1.29 is 13.9 Å². The predicted molar refractivity (Wildman–Crippen MR) is 121 cm³/mol. The molecule has 0 amide bonds. The van der Waals surface area contributed by atoms with Crippen LogP contribution in [0.5, 0.6) is 11.5 Å². The van der Waals surface area contributed by atoms with Crippen molar-refractivity contribution >= 4 is 10.9 Å². The first-order valence-corrected chi connectivity index (χ1v) is 11.5. The second kappa shape index (κ2) is 8.91. The van der Waals surface area contributed by atoms with Crippen molar-refractivity contribution in [3.8, 4) is 11.5 Å². The maximum Gasteiger partial charge on any atom is 0.126 e. The van der Waals surface area contributed by atoms with Crippen LogP contribution in [-0.2, 0) is 12.8 Å². The molecule has 0 saturated heterocycles. The molecule has 1 aliphatic carbocycles. The van der Waals surface area contributed by atoms with Gasteiger partial charge in [0.15, 0.2) is 0 Å². The summed E-state index contributed by atoms with van der Waals surface area (Å²) >= 11 is 0. The highest BCUT2D eigenvalue weighted by Gasteiger charge is 2.30. The number of hydrogen-bond donors (Lipinski definition) is 1. The average molecular weight is 423 g/mol. The van der Waals surface area contributed by atoms with Gasteiger partial charge in [-0.25, -0.2) is 4.39 Å². The lowest BCUT2D eigenvalue weighted by Gasteiger charge is -2.39. The van der Waals surface area contributed by atoms with Gasteiger partial charge in [-0.3, -0.25) is 4.90 Å². The first-order chi connectivity index (χ1) is 15.2. The molecule has 5 rings (SSSR count). The molecule has 164 valence electrons. The molecule has 5 heteroatoms. The van der Waals surface area contributed by atoms with Crippen molar-refractivity contribution in [3.63, 3.8) is 0 Å². The summed E-state index contributed by atoms with van der Waals surface area (Å²) in [5.74, 6) is 2.51. The van der Waals surface area contributed by atoms with Crippen molar-refractivity contribution in [1.82, 2.24) is 9.88 Å². The van der Waals surface area contributed by atoms with Crippen LogP contribution in [0.1, 0.15) is 36.8 Å². The number of methoxy groups -OCH3 is 1. The van der Waals surface area contributed by atoms with Gasteiger partial charge in [0.2, 0.25) is 0 Å². The van der Waals surface area contributed by atoms with E-state index in [0.717, 1.165) is 67.3 Å². The number of hydrogen-bond acceptors (Lipinski definition) is 3. The fraction of sp³-hybridized carbons (Fsp3) is 0.462. The number of rotatable bonds is 8. The Morgan fingerprint density at radius 2 is 2.13 bits per heavy atom. The van der Waals surface area contributed by atoms with E-state index in [-0.39, 0.29) is 5.82 Å². The Labute approximate surface area is 183 Å². The molecule has 1 fully saturated rings. The van der Waals surface area contributed by atoms with Gasteiger partial charge in [-0.1, -0.05) is 12.5 Å². The molecule has 4 nitrogen and oxygen atoms in total. The third-order valence-electron chi connectivity index (χ3n) is 7.04. The van der Waals surface area contributed by atoms with Gasteiger partial charge in [0.05, 0.1) is 7.11 Å². The summed E-state index contributed by atoms with van der Waals surface area (Å²) in [6, 6.07) is 11.4. The fourth-order valence-electron chi connectivity index (χ4n) is 5.05. The number of ether oxygens (including phenoxy) is 2. The van der Waals surface area contributed by atoms with Gasteiger partial charge in [0.1, 0.15) is 23.9 Å². The smallest absolute Gasteiger partial charge is 0.126 e. The van der Waals surface area contributed by atoms with Crippen LogP contribution in [0.15, 0.2) is 42.6 Å². The van der Waals surface area contributed by atoms with Gasteiger partial charge in [0.25, 0.3) is 0 Å². The van der Waals surface area contributed by atoms with Gasteiger partial charge >= 0.3 is 0 Å². The SMILES string of the molecule is COc1cccc2c1CC(N(CCCc1c[nH]c3ccc(F)cc13)CC1CCC1)CO2. The highest BCUT2D eigenvalue weighted by Crippen LogP contribution is 2.35. The number of H-pyrrole nitrogens is 1. The minimum absolute atomic E-state index is 0.174. The minimum atomic E-state index is -0.174. The standard InChI is InChI=1S/C26H31FN2O2/c1-30-25-8-3-9-26-23(25)14-21(17-31-26)29(16-18-5-2-6-18)12-4-7-19-15-28-24-11-10-20(27)13-22(19)24/h3,8-11,13,15,18,21,28H,2,4-7,12,14,16-17H2,1H3. The van der Waals surface area contributed by atoms with Crippen LogP contribution in [0.3, 0.4) is 0 Å². The van der Waals surface area contributed by atoms with Crippen molar-refractivity contribution in [2.45, 2.75) is 44.6 Å². The van der Waals surface area contributed by atoms with Gasteiger partial charge < -0.3 is 14.5 Å². The third-order valence-corrected chi connectivity index (χ3v) is 7.04. The van der Waals surface area contributed by atoms with Gasteiger partial charge in [-0.15, -0.1) is 0 Å². The Bertz CT molecular complexity index is 1030. The number of aromatic nitrogens is 1. The first kappa shape index (κ1) is 20.4. The van der Waals surface area contributed by atoms with Gasteiger partial charge in [0, 0.05) is 35.2 Å². The van der Waals surface area contributed by atoms with Crippen LogP contribution in [-0.4, -0.2) is 42.7 Å². The quantitative estimate of drug-likeness (QED) is 0.531. The maximum atomic E-state index is 13.7. The number of aryl methyl sites for hydroxylation is 1. The van der Waals surface area contributed by atoms with Gasteiger partial charge in [-0.2, -0.15) is 0 Å². The molecule has 0 spiro atoms. The molecule has 3 aromatic rings. The molecular formula is C26H31FN2O2. The number of nitrogens with zero attached hydrogens (tertiary/aromatic N) is 1. The first-order valence-electron chi connectivity index (χ1n) is 11.5. The average Bonchev–Trinajstić information content (AvgIpc) is 3.16. The van der Waals surface area contributed by atoms with Crippen LogP contribution in [0, 0.1) is 11.7 Å². The summed E-state index contributed by atoms with van der Waals surface area (Å²) in [6.45, 7) is 2.89. The van der Waals surface area contributed by atoms with Crippen molar-refractivity contribution in [2.24, 2.45) is 5.92 Å². The monoisotopic (exact) mass is 422 g/mol. The summed E-state index contributed by atoms with van der Waals surface area (Å²) < 4.78 is 25.5. The summed E-state index contributed by atoms with van der Waals surface area (Å²) in [7, 11) is 1.73. The molecule has 1 unspecified atom stereocenters. The second-order valence-electron chi connectivity index (χ2n) is 9.01. The van der Waals surface area contributed by atoms with E-state index in [1.54, 1.807) is 13.2 Å². The number of benzene rings is 2. The molecule has 1 aliphatic heterocycles. The zero-order chi connectivity index (χ0) is 21.2. The van der Waals surface area contributed by atoms with Crippen LogP contribution in [0.4, 0.5) is 4.39 Å². The summed E-state index contributed by atoms with van der Waals surface area (Å²) in [5, 5.41) is 1.00. The van der Waals surface area contributed by atoms with E-state index in [0.29, 0.717) is 6.04 Å². The van der Waals surface area contributed by atoms with Crippen molar-refractivity contribution in [3.05, 3.63) is 59.5 Å². The number of fused-ring (bicyclic) bond motifs is 2. The van der Waals surface area contributed by atoms with Crippen LogP contribution in [0.25, 0.3) is 10.9 Å². The molecule has 1 N–H and O–H groups in total. The summed E-state index contributed by atoms with van der Waals surface area (Å²) in [6.07, 6.45) is 9.02. The molecule has 2 aliphatic rings. The lowest BCUT2D eigenvalue weighted by molar-refractivity contribution is 0.0843. The number of aromatic amines is 1. The Morgan fingerprint density at radius 1 is 1.23 bits per heavy atom. The molecule has 1 atom stereocenters. The normalized spacial score (nSPS) is 18.6. The Morgan fingerprint density at radius 3 is 2.94 bits per heavy atom. The topological polar surface area (TPSA) is 37.5 Å². The lowest BCUT2D eigenvalue weighted by Crippen LogP contribution is -2.46. The Balaban J connectivity index is 1.28. The number of halogens is 1. The maximum absolute atomic E-state index is 13.7. The molecular weight excluding hydrogens is 391 g/mol.